The normalized spacial score (nSPS) is 14.5. The predicted molar refractivity (Wildman–Crippen MR) is 74.7 cm³/mol. The Morgan fingerprint density at radius 2 is 2.25 bits per heavy atom. The summed E-state index contributed by atoms with van der Waals surface area (Å²) in [5.74, 6) is 0.699. The van der Waals surface area contributed by atoms with E-state index in [-0.39, 0.29) is 0 Å². The molecule has 1 aromatic carbocycles. The van der Waals surface area contributed by atoms with Crippen molar-refractivity contribution < 1.29 is 9.37 Å². The molecule has 0 amide bonds. The molecule has 1 aromatic heterocycles. The molecule has 1 fully saturated rings. The number of aryl methyl sites for hydroxylation is 1. The Balaban J connectivity index is 1.71. The zero-order valence-corrected chi connectivity index (χ0v) is 12.0. The molecule has 3 rings (SSSR count). The monoisotopic (exact) mass is 293 g/mol. The first-order valence-electron chi connectivity index (χ1n) is 6.65. The average molecular weight is 294 g/mol. The molecule has 1 heterocycles. The largest absolute Gasteiger partial charge is 0.485 e. The maximum atomic E-state index is 6.23. The zero-order chi connectivity index (χ0) is 13.9. The summed E-state index contributed by atoms with van der Waals surface area (Å²) in [7, 11) is 0. The summed E-state index contributed by atoms with van der Waals surface area (Å²) in [5.41, 5.74) is 2.47. The van der Waals surface area contributed by atoms with Gasteiger partial charge < -0.3 is 10.1 Å². The highest BCUT2D eigenvalue weighted by Gasteiger charge is 2.21. The van der Waals surface area contributed by atoms with Gasteiger partial charge in [-0.05, 0) is 25.8 Å². The minimum Gasteiger partial charge on any atom is -0.485 e. The third-order valence-electron chi connectivity index (χ3n) is 3.31. The van der Waals surface area contributed by atoms with Gasteiger partial charge in [-0.1, -0.05) is 34.0 Å². The summed E-state index contributed by atoms with van der Waals surface area (Å²) < 4.78 is 10.5. The van der Waals surface area contributed by atoms with Crippen LogP contribution in [0.25, 0.3) is 0 Å². The summed E-state index contributed by atoms with van der Waals surface area (Å²) >= 11 is 6.23. The van der Waals surface area contributed by atoms with Crippen LogP contribution in [0.3, 0.4) is 0 Å². The molecule has 1 aliphatic rings. The van der Waals surface area contributed by atoms with Crippen LogP contribution < -0.4 is 10.1 Å². The van der Waals surface area contributed by atoms with E-state index in [2.05, 4.69) is 20.3 Å². The first kappa shape index (κ1) is 13.4. The number of nitrogens with zero attached hydrogens (tertiary/aromatic N) is 2. The fraction of sp³-hybridized carbons (Fsp3) is 0.429. The van der Waals surface area contributed by atoms with Crippen LogP contribution >= 0.6 is 11.6 Å². The van der Waals surface area contributed by atoms with Gasteiger partial charge in [0.25, 0.3) is 0 Å². The minimum atomic E-state index is 0.301. The number of para-hydroxylation sites is 1. The van der Waals surface area contributed by atoms with Gasteiger partial charge in [0, 0.05) is 18.2 Å². The van der Waals surface area contributed by atoms with Crippen LogP contribution in [-0.2, 0) is 13.2 Å². The smallest absolute Gasteiger partial charge is 0.145 e. The van der Waals surface area contributed by atoms with Crippen molar-refractivity contribution in [3.05, 3.63) is 40.2 Å². The Hall–Kier alpha value is -1.59. The van der Waals surface area contributed by atoms with Crippen molar-refractivity contribution in [2.45, 2.75) is 39.0 Å². The number of nitrogens with one attached hydrogen (secondary N) is 1. The first-order chi connectivity index (χ1) is 9.74. The Bertz CT molecular complexity index is 596. The van der Waals surface area contributed by atoms with Crippen LogP contribution in [0.5, 0.6) is 5.75 Å². The molecule has 0 saturated heterocycles. The molecular weight excluding hydrogens is 278 g/mol. The molecule has 1 saturated carbocycles. The summed E-state index contributed by atoms with van der Waals surface area (Å²) in [5, 5.41) is 11.6. The molecule has 6 heteroatoms. The van der Waals surface area contributed by atoms with E-state index in [9.17, 15) is 0 Å². The topological polar surface area (TPSA) is 60.2 Å². The Morgan fingerprint density at radius 3 is 2.95 bits per heavy atom. The van der Waals surface area contributed by atoms with Gasteiger partial charge in [-0.2, -0.15) is 0 Å². The summed E-state index contributed by atoms with van der Waals surface area (Å²) in [6, 6.07) is 6.42. The van der Waals surface area contributed by atoms with Crippen molar-refractivity contribution in [2.75, 3.05) is 0 Å². The van der Waals surface area contributed by atoms with E-state index in [1.165, 1.54) is 12.8 Å². The maximum Gasteiger partial charge on any atom is 0.145 e. The predicted octanol–water partition coefficient (Wildman–Crippen LogP) is 2.86. The molecule has 20 heavy (non-hydrogen) atoms. The molecule has 0 aliphatic heterocycles. The lowest BCUT2D eigenvalue weighted by molar-refractivity contribution is 0.268. The van der Waals surface area contributed by atoms with Crippen molar-refractivity contribution in [1.82, 2.24) is 15.6 Å². The second kappa shape index (κ2) is 5.81. The second-order valence-corrected chi connectivity index (χ2v) is 5.38. The van der Waals surface area contributed by atoms with Gasteiger partial charge in [0.1, 0.15) is 23.7 Å². The molecule has 0 spiro atoms. The van der Waals surface area contributed by atoms with Crippen molar-refractivity contribution in [3.63, 3.8) is 0 Å². The van der Waals surface area contributed by atoms with Gasteiger partial charge in [-0.25, -0.2) is 4.63 Å². The number of aromatic nitrogens is 2. The molecule has 5 nitrogen and oxygen atoms in total. The molecule has 106 valence electrons. The number of halogens is 1. The van der Waals surface area contributed by atoms with E-state index < -0.39 is 0 Å². The Labute approximate surface area is 122 Å². The second-order valence-electron chi connectivity index (χ2n) is 4.97. The molecular formula is C14H16ClN3O2. The lowest BCUT2D eigenvalue weighted by Gasteiger charge is -2.13. The zero-order valence-electron chi connectivity index (χ0n) is 11.2. The maximum absolute atomic E-state index is 6.23. The van der Waals surface area contributed by atoms with Gasteiger partial charge in [0.05, 0.1) is 5.02 Å². The summed E-state index contributed by atoms with van der Waals surface area (Å²) in [6.45, 7) is 2.89. The minimum absolute atomic E-state index is 0.301. The highest BCUT2D eigenvalue weighted by atomic mass is 35.5. The Kier molecular flexibility index (Phi) is 3.89. The van der Waals surface area contributed by atoms with E-state index in [1.807, 2.05) is 25.1 Å². The van der Waals surface area contributed by atoms with Crippen molar-refractivity contribution >= 4 is 11.6 Å². The van der Waals surface area contributed by atoms with Gasteiger partial charge >= 0.3 is 0 Å². The number of rotatable bonds is 6. The van der Waals surface area contributed by atoms with E-state index >= 15 is 0 Å². The van der Waals surface area contributed by atoms with Gasteiger partial charge in [-0.15, -0.1) is 0 Å². The van der Waals surface area contributed by atoms with Gasteiger partial charge in [0.2, 0.25) is 0 Å². The highest BCUT2D eigenvalue weighted by Crippen LogP contribution is 2.30. The van der Waals surface area contributed by atoms with Gasteiger partial charge in [0.15, 0.2) is 0 Å². The number of hydrogen-bond donors (Lipinski definition) is 1. The van der Waals surface area contributed by atoms with Crippen molar-refractivity contribution in [3.8, 4) is 5.75 Å². The van der Waals surface area contributed by atoms with Crippen LogP contribution in [0.1, 0.15) is 29.8 Å². The quantitative estimate of drug-likeness (QED) is 0.887. The molecule has 1 aliphatic carbocycles. The average Bonchev–Trinajstić information content (AvgIpc) is 3.18. The molecule has 0 bridgehead atoms. The lowest BCUT2D eigenvalue weighted by atomic mass is 10.2. The van der Waals surface area contributed by atoms with Crippen LogP contribution in [0.4, 0.5) is 0 Å². The molecule has 0 atom stereocenters. The van der Waals surface area contributed by atoms with Crippen LogP contribution in [-0.4, -0.2) is 16.4 Å². The van der Waals surface area contributed by atoms with E-state index in [0.29, 0.717) is 29.1 Å². The van der Waals surface area contributed by atoms with Crippen LogP contribution in [0, 0.1) is 6.92 Å². The summed E-state index contributed by atoms with van der Waals surface area (Å²) in [4.78, 5) is 0. The first-order valence-corrected chi connectivity index (χ1v) is 7.03. The molecule has 0 radical (unpaired) electrons. The fourth-order valence-corrected chi connectivity index (χ4v) is 2.17. The van der Waals surface area contributed by atoms with E-state index in [1.54, 1.807) is 0 Å². The molecule has 2 aromatic rings. The lowest BCUT2D eigenvalue weighted by Crippen LogP contribution is -2.16. The van der Waals surface area contributed by atoms with E-state index in [4.69, 9.17) is 16.3 Å². The number of ether oxygens (including phenoxy) is 1. The standard InChI is InChI=1S/C14H16ClN3O2/c1-9-13(18-20-17-9)8-19-14-10(3-2-4-12(14)15)7-16-11-5-6-11/h2-4,11,16H,5-8H2,1H3. The SMILES string of the molecule is Cc1nonc1COc1c(Cl)cccc1CNC1CC1. The number of benzene rings is 1. The van der Waals surface area contributed by atoms with Crippen LogP contribution in [0.2, 0.25) is 5.02 Å². The molecule has 0 unspecified atom stereocenters. The van der Waals surface area contributed by atoms with Gasteiger partial charge in [-0.3, -0.25) is 0 Å². The highest BCUT2D eigenvalue weighted by molar-refractivity contribution is 6.32. The van der Waals surface area contributed by atoms with Crippen LogP contribution in [0.15, 0.2) is 22.8 Å². The van der Waals surface area contributed by atoms with E-state index in [0.717, 1.165) is 17.8 Å². The third-order valence-corrected chi connectivity index (χ3v) is 3.60. The summed E-state index contributed by atoms with van der Waals surface area (Å²) in [6.07, 6.45) is 2.50. The Morgan fingerprint density at radius 1 is 1.40 bits per heavy atom. The number of hydrogen-bond acceptors (Lipinski definition) is 5. The fourth-order valence-electron chi connectivity index (χ4n) is 1.92. The third kappa shape index (κ3) is 3.11. The van der Waals surface area contributed by atoms with Crippen molar-refractivity contribution in [2.24, 2.45) is 0 Å². The van der Waals surface area contributed by atoms with Crippen molar-refractivity contribution in [1.29, 1.82) is 0 Å². The molecule has 1 N–H and O–H groups in total.